The summed E-state index contributed by atoms with van der Waals surface area (Å²) in [6, 6.07) is 3.93. The smallest absolute Gasteiger partial charge is 0.282 e. The first-order valence-corrected chi connectivity index (χ1v) is 18.1. The molecule has 49 heavy (non-hydrogen) atoms. The molecule has 3 aliphatic heterocycles. The molecule has 1 aromatic heterocycles. The number of amides is 2. The number of halogens is 1. The minimum absolute atomic E-state index is 0.0282. The van der Waals surface area contributed by atoms with Crippen LogP contribution in [0.4, 0.5) is 10.2 Å². The minimum atomic E-state index is -0.505. The SMILES string of the molecule is CCN(C(=O)c1cc(F)ccc1Oc1nncnc1N1CC2(CCN(CC3CCC4(CC3)CC(CC(C)(C)OC)C(=O)N4)CC2)C1)C(C)C. The molecular formula is C37H54FN7O4. The van der Waals surface area contributed by atoms with Crippen LogP contribution in [-0.4, -0.2) is 100 Å². The molecule has 1 saturated carbocycles. The third kappa shape index (κ3) is 7.70. The number of rotatable bonds is 11. The summed E-state index contributed by atoms with van der Waals surface area (Å²) in [5.41, 5.74) is 0.0651. The summed E-state index contributed by atoms with van der Waals surface area (Å²) in [6.45, 7) is 15.4. The maximum Gasteiger partial charge on any atom is 0.282 e. The predicted molar refractivity (Wildman–Crippen MR) is 185 cm³/mol. The molecule has 2 amide bonds. The monoisotopic (exact) mass is 679 g/mol. The topological polar surface area (TPSA) is 113 Å². The van der Waals surface area contributed by atoms with Crippen LogP contribution in [0.15, 0.2) is 24.5 Å². The van der Waals surface area contributed by atoms with E-state index in [4.69, 9.17) is 9.47 Å². The molecule has 1 aliphatic carbocycles. The lowest BCUT2D eigenvalue weighted by atomic mass is 9.71. The van der Waals surface area contributed by atoms with Gasteiger partial charge < -0.3 is 29.5 Å². The number of carbonyl (C=O) groups excluding carboxylic acids is 2. The summed E-state index contributed by atoms with van der Waals surface area (Å²) >= 11 is 0. The van der Waals surface area contributed by atoms with E-state index in [-0.39, 0.29) is 57.5 Å². The number of hydrogen-bond donors (Lipinski definition) is 1. The molecule has 0 bridgehead atoms. The first kappa shape index (κ1) is 35.4. The van der Waals surface area contributed by atoms with Crippen LogP contribution in [-0.2, 0) is 9.53 Å². The number of nitrogens with one attached hydrogen (secondary N) is 1. The van der Waals surface area contributed by atoms with Crippen molar-refractivity contribution < 1.29 is 23.5 Å². The molecule has 11 nitrogen and oxygen atoms in total. The fourth-order valence-electron chi connectivity index (χ4n) is 8.67. The zero-order chi connectivity index (χ0) is 35.0. The second-order valence-corrected chi connectivity index (χ2v) is 16.0. The second-order valence-electron chi connectivity index (χ2n) is 16.0. The van der Waals surface area contributed by atoms with Crippen LogP contribution in [0.5, 0.6) is 11.6 Å². The van der Waals surface area contributed by atoms with Crippen molar-refractivity contribution in [1.82, 2.24) is 30.3 Å². The van der Waals surface area contributed by atoms with Crippen LogP contribution < -0.4 is 15.0 Å². The zero-order valence-electron chi connectivity index (χ0n) is 30.1. The van der Waals surface area contributed by atoms with Gasteiger partial charge in [0.25, 0.3) is 11.8 Å². The number of likely N-dealkylation sites (tertiary alicyclic amines) is 1. The summed E-state index contributed by atoms with van der Waals surface area (Å²) in [7, 11) is 1.73. The molecule has 1 unspecified atom stereocenters. The van der Waals surface area contributed by atoms with Gasteiger partial charge in [-0.15, -0.1) is 10.2 Å². The van der Waals surface area contributed by atoms with Gasteiger partial charge in [0.1, 0.15) is 17.9 Å². The van der Waals surface area contributed by atoms with Gasteiger partial charge in [-0.2, -0.15) is 0 Å². The Morgan fingerprint density at radius 3 is 2.53 bits per heavy atom. The highest BCUT2D eigenvalue weighted by molar-refractivity contribution is 5.97. The first-order chi connectivity index (χ1) is 23.3. The van der Waals surface area contributed by atoms with Crippen molar-refractivity contribution in [2.75, 3.05) is 51.3 Å². The third-order valence-electron chi connectivity index (χ3n) is 11.7. The highest BCUT2D eigenvalue weighted by Gasteiger charge is 2.49. The number of benzene rings is 1. The Kier molecular flexibility index (Phi) is 10.2. The Bertz CT molecular complexity index is 1500. The number of anilines is 1. The van der Waals surface area contributed by atoms with Gasteiger partial charge in [0.05, 0.1) is 11.2 Å². The molecule has 1 atom stereocenters. The molecule has 12 heteroatoms. The molecule has 4 heterocycles. The van der Waals surface area contributed by atoms with Crippen LogP contribution in [0, 0.1) is 23.1 Å². The van der Waals surface area contributed by atoms with Gasteiger partial charge in [0.2, 0.25) is 5.91 Å². The number of nitrogens with zero attached hydrogens (tertiary/aromatic N) is 6. The van der Waals surface area contributed by atoms with Crippen molar-refractivity contribution in [1.29, 1.82) is 0 Å². The fourth-order valence-corrected chi connectivity index (χ4v) is 8.67. The van der Waals surface area contributed by atoms with Gasteiger partial charge in [-0.25, -0.2) is 9.37 Å². The fraction of sp³-hybridized carbons (Fsp3) is 0.703. The number of carbonyl (C=O) groups is 2. The van der Waals surface area contributed by atoms with Gasteiger partial charge in [-0.05, 0) is 123 Å². The van der Waals surface area contributed by atoms with Crippen molar-refractivity contribution >= 4 is 17.6 Å². The van der Waals surface area contributed by atoms with Gasteiger partial charge in [0.15, 0.2) is 5.82 Å². The van der Waals surface area contributed by atoms with Gasteiger partial charge in [0, 0.05) is 56.2 Å². The van der Waals surface area contributed by atoms with E-state index in [1.54, 1.807) is 12.0 Å². The van der Waals surface area contributed by atoms with Crippen LogP contribution in [0.3, 0.4) is 0 Å². The molecule has 3 saturated heterocycles. The van der Waals surface area contributed by atoms with Gasteiger partial charge in [-0.1, -0.05) is 0 Å². The zero-order valence-corrected chi connectivity index (χ0v) is 30.1. The Balaban J connectivity index is 1.00. The van der Waals surface area contributed by atoms with Crippen molar-refractivity contribution in [3.63, 3.8) is 0 Å². The lowest BCUT2D eigenvalue weighted by Gasteiger charge is -2.54. The standard InChI is InChI=1S/C37H54FN7O4/c1-7-45(25(2)3)34(47)29-18-28(38)8-9-30(29)49-33-31(39-24-40-42-33)44-22-36(23-44)14-16-43(17-15-36)21-26-10-12-37(13-11-26)20-27(32(46)41-37)19-35(4,5)48-6/h8-9,18,24-27H,7,10-17,19-23H2,1-6H3,(H,41,46). The summed E-state index contributed by atoms with van der Waals surface area (Å²) < 4.78 is 26.1. The van der Waals surface area contributed by atoms with Crippen molar-refractivity contribution in [3.05, 3.63) is 35.9 Å². The molecule has 1 N–H and O–H groups in total. The summed E-state index contributed by atoms with van der Waals surface area (Å²) in [5.74, 6) is 1.15. The number of aromatic nitrogens is 3. The molecule has 4 fully saturated rings. The maximum absolute atomic E-state index is 14.3. The predicted octanol–water partition coefficient (Wildman–Crippen LogP) is 5.46. The lowest BCUT2D eigenvalue weighted by Crippen LogP contribution is -2.61. The van der Waals surface area contributed by atoms with Crippen molar-refractivity contribution in [2.45, 2.75) is 103 Å². The van der Waals surface area contributed by atoms with E-state index < -0.39 is 5.82 Å². The van der Waals surface area contributed by atoms with Crippen LogP contribution in [0.1, 0.15) is 96.3 Å². The lowest BCUT2D eigenvalue weighted by molar-refractivity contribution is -0.125. The minimum Gasteiger partial charge on any atom is -0.434 e. The Hall–Kier alpha value is -3.38. The number of piperidine rings is 1. The van der Waals surface area contributed by atoms with Crippen LogP contribution >= 0.6 is 0 Å². The molecule has 2 aromatic rings. The highest BCUT2D eigenvalue weighted by atomic mass is 19.1. The first-order valence-electron chi connectivity index (χ1n) is 18.1. The molecule has 6 rings (SSSR count). The largest absolute Gasteiger partial charge is 0.434 e. The average Bonchev–Trinajstić information content (AvgIpc) is 3.35. The van der Waals surface area contributed by atoms with E-state index in [0.717, 1.165) is 84.1 Å². The van der Waals surface area contributed by atoms with E-state index in [0.29, 0.717) is 18.3 Å². The normalized spacial score (nSPS) is 25.5. The molecular weight excluding hydrogens is 625 g/mol. The average molecular weight is 680 g/mol. The summed E-state index contributed by atoms with van der Waals surface area (Å²) in [5, 5.41) is 11.6. The third-order valence-corrected chi connectivity index (χ3v) is 11.7. The second kappa shape index (κ2) is 14.1. The van der Waals surface area contributed by atoms with E-state index >= 15 is 0 Å². The quantitative estimate of drug-likeness (QED) is 0.331. The maximum atomic E-state index is 14.3. The highest BCUT2D eigenvalue weighted by Crippen LogP contribution is 2.46. The Labute approximate surface area is 290 Å². The van der Waals surface area contributed by atoms with E-state index in [1.807, 2.05) is 20.8 Å². The van der Waals surface area contributed by atoms with Crippen molar-refractivity contribution in [3.8, 4) is 11.6 Å². The van der Waals surface area contributed by atoms with Gasteiger partial charge >= 0.3 is 0 Å². The number of ether oxygens (including phenoxy) is 2. The molecule has 268 valence electrons. The van der Waals surface area contributed by atoms with Crippen LogP contribution in [0.2, 0.25) is 0 Å². The summed E-state index contributed by atoms with van der Waals surface area (Å²) in [4.78, 5) is 37.2. The van der Waals surface area contributed by atoms with E-state index in [9.17, 15) is 14.0 Å². The van der Waals surface area contributed by atoms with Gasteiger partial charge in [-0.3, -0.25) is 9.59 Å². The number of methoxy groups -OCH3 is 1. The van der Waals surface area contributed by atoms with Crippen molar-refractivity contribution in [2.24, 2.45) is 17.3 Å². The van der Waals surface area contributed by atoms with E-state index in [2.05, 4.69) is 44.1 Å². The molecule has 0 radical (unpaired) electrons. The summed E-state index contributed by atoms with van der Waals surface area (Å²) in [6.07, 6.45) is 9.82. The Morgan fingerprint density at radius 2 is 1.88 bits per heavy atom. The van der Waals surface area contributed by atoms with E-state index in [1.165, 1.54) is 24.5 Å². The molecule has 4 aliphatic rings. The molecule has 1 aromatic carbocycles. The Morgan fingerprint density at radius 1 is 1.16 bits per heavy atom. The van der Waals surface area contributed by atoms with Crippen LogP contribution in [0.25, 0.3) is 0 Å². The molecule has 2 spiro atoms. The number of hydrogen-bond acceptors (Lipinski definition) is 9.